The van der Waals surface area contributed by atoms with Gasteiger partial charge in [0.2, 0.25) is 0 Å². The second-order valence-electron chi connectivity index (χ2n) is 5.62. The molecule has 1 aliphatic rings. The maximum Gasteiger partial charge on any atom is 0.119 e. The number of methoxy groups -OCH3 is 1. The Kier molecular flexibility index (Phi) is 6.83. The summed E-state index contributed by atoms with van der Waals surface area (Å²) in [6, 6.07) is 8.45. The van der Waals surface area contributed by atoms with E-state index in [-0.39, 0.29) is 0 Å². The molecule has 1 N–H and O–H groups in total. The predicted molar refractivity (Wildman–Crippen MR) is 86.2 cm³/mol. The van der Waals surface area contributed by atoms with Crippen LogP contribution in [0.1, 0.15) is 26.2 Å². The molecule has 1 aliphatic heterocycles. The molecule has 2 rings (SSSR count). The second-order valence-corrected chi connectivity index (χ2v) is 5.62. The van der Waals surface area contributed by atoms with E-state index in [0.29, 0.717) is 6.04 Å². The fourth-order valence-corrected chi connectivity index (χ4v) is 2.80. The zero-order valence-electron chi connectivity index (χ0n) is 13.3. The van der Waals surface area contributed by atoms with Gasteiger partial charge < -0.3 is 14.8 Å². The Balaban J connectivity index is 1.72. The summed E-state index contributed by atoms with van der Waals surface area (Å²) in [5.74, 6) is 1.77. The van der Waals surface area contributed by atoms with E-state index in [1.54, 1.807) is 7.11 Å². The molecule has 1 unspecified atom stereocenters. The highest BCUT2D eigenvalue weighted by Crippen LogP contribution is 2.17. The van der Waals surface area contributed by atoms with Gasteiger partial charge in [-0.25, -0.2) is 0 Å². The van der Waals surface area contributed by atoms with Crippen LogP contribution >= 0.6 is 0 Å². The van der Waals surface area contributed by atoms with Gasteiger partial charge >= 0.3 is 0 Å². The fourth-order valence-electron chi connectivity index (χ4n) is 2.80. The monoisotopic (exact) mass is 292 g/mol. The molecule has 1 aromatic carbocycles. The molecular weight excluding hydrogens is 264 g/mol. The van der Waals surface area contributed by atoms with E-state index in [1.807, 2.05) is 24.3 Å². The first kappa shape index (κ1) is 16.1. The summed E-state index contributed by atoms with van der Waals surface area (Å²) < 4.78 is 11.0. The summed E-state index contributed by atoms with van der Waals surface area (Å²) in [6.45, 7) is 7.41. The number of benzene rings is 1. The number of nitrogens with zero attached hydrogens (tertiary/aromatic N) is 1. The van der Waals surface area contributed by atoms with Crippen LogP contribution in [0.3, 0.4) is 0 Å². The fraction of sp³-hybridized carbons (Fsp3) is 0.647. The summed E-state index contributed by atoms with van der Waals surface area (Å²) in [4.78, 5) is 2.51. The largest absolute Gasteiger partial charge is 0.497 e. The number of hydrogen-bond donors (Lipinski definition) is 1. The third kappa shape index (κ3) is 5.56. The van der Waals surface area contributed by atoms with Crippen LogP contribution in [0.25, 0.3) is 0 Å². The standard InChI is InChI=1S/C17H28N2O2/c1-3-11-19(14-15-5-4-10-18-15)12-13-21-17-8-6-16(20-2)7-9-17/h6-9,15,18H,3-5,10-14H2,1-2H3. The van der Waals surface area contributed by atoms with Crippen molar-refractivity contribution in [3.8, 4) is 11.5 Å². The van der Waals surface area contributed by atoms with Crippen molar-refractivity contribution >= 4 is 0 Å². The van der Waals surface area contributed by atoms with Crippen molar-refractivity contribution in [3.05, 3.63) is 24.3 Å². The predicted octanol–water partition coefficient (Wildman–Crippen LogP) is 2.54. The van der Waals surface area contributed by atoms with Crippen molar-refractivity contribution < 1.29 is 9.47 Å². The number of nitrogens with one attached hydrogen (secondary N) is 1. The van der Waals surface area contributed by atoms with Gasteiger partial charge in [0.25, 0.3) is 0 Å². The molecule has 1 saturated heterocycles. The lowest BCUT2D eigenvalue weighted by molar-refractivity contribution is 0.196. The van der Waals surface area contributed by atoms with Gasteiger partial charge in [-0.1, -0.05) is 6.92 Å². The molecule has 118 valence electrons. The molecule has 1 aromatic rings. The molecule has 4 heteroatoms. The summed E-state index contributed by atoms with van der Waals surface area (Å²) in [6.07, 6.45) is 3.81. The Labute approximate surface area is 128 Å². The first-order valence-corrected chi connectivity index (χ1v) is 8.04. The van der Waals surface area contributed by atoms with Crippen LogP contribution in [0.4, 0.5) is 0 Å². The van der Waals surface area contributed by atoms with Crippen LogP contribution in [0.2, 0.25) is 0 Å². The highest BCUT2D eigenvalue weighted by molar-refractivity contribution is 5.31. The number of rotatable bonds is 9. The lowest BCUT2D eigenvalue weighted by atomic mass is 10.2. The van der Waals surface area contributed by atoms with E-state index in [9.17, 15) is 0 Å². The maximum atomic E-state index is 5.83. The van der Waals surface area contributed by atoms with Crippen LogP contribution in [0, 0.1) is 0 Å². The summed E-state index contributed by atoms with van der Waals surface area (Å²) in [5, 5.41) is 3.57. The summed E-state index contributed by atoms with van der Waals surface area (Å²) in [7, 11) is 1.68. The highest BCUT2D eigenvalue weighted by Gasteiger charge is 2.17. The molecule has 0 aliphatic carbocycles. The van der Waals surface area contributed by atoms with Gasteiger partial charge in [-0.2, -0.15) is 0 Å². The first-order chi connectivity index (χ1) is 10.3. The molecule has 0 amide bonds. The van der Waals surface area contributed by atoms with Crippen molar-refractivity contribution in [1.82, 2.24) is 10.2 Å². The Bertz CT molecular complexity index is 388. The van der Waals surface area contributed by atoms with E-state index in [4.69, 9.17) is 9.47 Å². The van der Waals surface area contributed by atoms with Crippen LogP contribution in [0.15, 0.2) is 24.3 Å². The van der Waals surface area contributed by atoms with E-state index in [0.717, 1.165) is 37.7 Å². The molecule has 1 fully saturated rings. The Morgan fingerprint density at radius 2 is 1.95 bits per heavy atom. The zero-order valence-corrected chi connectivity index (χ0v) is 13.3. The van der Waals surface area contributed by atoms with E-state index >= 15 is 0 Å². The van der Waals surface area contributed by atoms with Gasteiger partial charge in [0.15, 0.2) is 0 Å². The molecule has 1 atom stereocenters. The SMILES string of the molecule is CCCN(CCOc1ccc(OC)cc1)CC1CCCN1. The minimum atomic E-state index is 0.664. The molecule has 1 heterocycles. The Morgan fingerprint density at radius 3 is 2.57 bits per heavy atom. The van der Waals surface area contributed by atoms with Gasteiger partial charge in [-0.05, 0) is 56.6 Å². The zero-order chi connectivity index (χ0) is 14.9. The normalized spacial score (nSPS) is 18.1. The van der Waals surface area contributed by atoms with Crippen LogP contribution in [-0.4, -0.2) is 50.8 Å². The van der Waals surface area contributed by atoms with Crippen molar-refractivity contribution in [2.45, 2.75) is 32.2 Å². The minimum absolute atomic E-state index is 0.664. The van der Waals surface area contributed by atoms with Crippen LogP contribution in [0.5, 0.6) is 11.5 Å². The van der Waals surface area contributed by atoms with Gasteiger partial charge in [-0.15, -0.1) is 0 Å². The topological polar surface area (TPSA) is 33.7 Å². The Hall–Kier alpha value is -1.26. The quantitative estimate of drug-likeness (QED) is 0.758. The molecule has 0 saturated carbocycles. The molecule has 0 bridgehead atoms. The number of hydrogen-bond acceptors (Lipinski definition) is 4. The van der Waals surface area contributed by atoms with E-state index < -0.39 is 0 Å². The molecule has 0 radical (unpaired) electrons. The first-order valence-electron chi connectivity index (χ1n) is 8.04. The number of ether oxygens (including phenoxy) is 2. The van der Waals surface area contributed by atoms with Crippen molar-refractivity contribution in [1.29, 1.82) is 0 Å². The van der Waals surface area contributed by atoms with Gasteiger partial charge in [-0.3, -0.25) is 4.90 Å². The van der Waals surface area contributed by atoms with Crippen LogP contribution < -0.4 is 14.8 Å². The van der Waals surface area contributed by atoms with Crippen molar-refractivity contribution in [2.75, 3.05) is 39.9 Å². The van der Waals surface area contributed by atoms with E-state index in [1.165, 1.54) is 25.8 Å². The third-order valence-electron chi connectivity index (χ3n) is 3.92. The molecule has 0 aromatic heterocycles. The molecule has 4 nitrogen and oxygen atoms in total. The lowest BCUT2D eigenvalue weighted by Gasteiger charge is -2.25. The third-order valence-corrected chi connectivity index (χ3v) is 3.92. The molecular formula is C17H28N2O2. The lowest BCUT2D eigenvalue weighted by Crippen LogP contribution is -2.39. The smallest absolute Gasteiger partial charge is 0.119 e. The second kappa shape index (κ2) is 8.90. The van der Waals surface area contributed by atoms with Crippen molar-refractivity contribution in [2.24, 2.45) is 0 Å². The van der Waals surface area contributed by atoms with E-state index in [2.05, 4.69) is 17.1 Å². The maximum absolute atomic E-state index is 5.83. The van der Waals surface area contributed by atoms with Gasteiger partial charge in [0.1, 0.15) is 18.1 Å². The highest BCUT2D eigenvalue weighted by atomic mass is 16.5. The average Bonchev–Trinajstić information content (AvgIpc) is 3.01. The Morgan fingerprint density at radius 1 is 1.19 bits per heavy atom. The van der Waals surface area contributed by atoms with Gasteiger partial charge in [0.05, 0.1) is 7.11 Å². The summed E-state index contributed by atoms with van der Waals surface area (Å²) >= 11 is 0. The molecule has 0 spiro atoms. The molecule has 21 heavy (non-hydrogen) atoms. The minimum Gasteiger partial charge on any atom is -0.497 e. The summed E-state index contributed by atoms with van der Waals surface area (Å²) in [5.41, 5.74) is 0. The average molecular weight is 292 g/mol. The van der Waals surface area contributed by atoms with Crippen LogP contribution in [-0.2, 0) is 0 Å². The van der Waals surface area contributed by atoms with Gasteiger partial charge in [0, 0.05) is 19.1 Å². The van der Waals surface area contributed by atoms with Crippen molar-refractivity contribution in [3.63, 3.8) is 0 Å².